The van der Waals surface area contributed by atoms with E-state index in [0.717, 1.165) is 22.3 Å². The number of ketones is 2. The zero-order valence-electron chi connectivity index (χ0n) is 16.1. The van der Waals surface area contributed by atoms with Gasteiger partial charge in [0, 0.05) is 16.7 Å². The minimum Gasteiger partial charge on any atom is -0.298 e. The van der Waals surface area contributed by atoms with Gasteiger partial charge in [0.1, 0.15) is 5.92 Å². The van der Waals surface area contributed by atoms with Crippen LogP contribution in [0.2, 0.25) is 0 Å². The Morgan fingerprint density at radius 2 is 1.42 bits per heavy atom. The summed E-state index contributed by atoms with van der Waals surface area (Å²) in [5, 5.41) is 0. The Labute approximate surface area is 160 Å². The van der Waals surface area contributed by atoms with E-state index in [1.807, 2.05) is 52.1 Å². The number of Topliss-reactive ketones (excluding diaryl/α,β-unsaturated/α-hetero) is 2. The van der Waals surface area contributed by atoms with Crippen LogP contribution in [0.25, 0.3) is 0 Å². The van der Waals surface area contributed by atoms with Crippen molar-refractivity contribution >= 4 is 23.3 Å². The van der Waals surface area contributed by atoms with Gasteiger partial charge in [-0.25, -0.2) is 0 Å². The molecule has 1 fully saturated rings. The lowest BCUT2D eigenvalue weighted by Gasteiger charge is -2.38. The fraction of sp³-hybridized carbons (Fsp3) is 0.391. The van der Waals surface area contributed by atoms with Crippen molar-refractivity contribution in [1.82, 2.24) is 0 Å². The van der Waals surface area contributed by atoms with Crippen LogP contribution in [-0.4, -0.2) is 17.8 Å². The third kappa shape index (κ3) is 3.14. The van der Waals surface area contributed by atoms with Crippen LogP contribution in [0.5, 0.6) is 0 Å². The Morgan fingerprint density at radius 1 is 0.846 bits per heavy atom. The second-order valence-electron chi connectivity index (χ2n) is 7.44. The van der Waals surface area contributed by atoms with E-state index in [1.165, 1.54) is 4.90 Å². The normalized spacial score (nSPS) is 26.2. The fourth-order valence-electron chi connectivity index (χ4n) is 4.24. The van der Waals surface area contributed by atoms with Gasteiger partial charge in [-0.2, -0.15) is 0 Å². The second-order valence-corrected chi connectivity index (χ2v) is 8.32. The van der Waals surface area contributed by atoms with E-state index < -0.39 is 5.92 Å². The molecule has 3 heteroatoms. The lowest BCUT2D eigenvalue weighted by Crippen LogP contribution is -2.43. The van der Waals surface area contributed by atoms with Gasteiger partial charge >= 0.3 is 0 Å². The van der Waals surface area contributed by atoms with Crippen LogP contribution in [0.3, 0.4) is 0 Å². The van der Waals surface area contributed by atoms with Crippen LogP contribution in [-0.2, 0) is 9.59 Å². The molecule has 0 aliphatic heterocycles. The van der Waals surface area contributed by atoms with E-state index in [2.05, 4.69) is 24.3 Å². The van der Waals surface area contributed by atoms with Gasteiger partial charge in [0.25, 0.3) is 0 Å². The first-order chi connectivity index (χ1) is 12.4. The smallest absolute Gasteiger partial charge is 0.155 e. The molecule has 0 radical (unpaired) electrons. The summed E-state index contributed by atoms with van der Waals surface area (Å²) in [6.07, 6.45) is 2.04. The Kier molecular flexibility index (Phi) is 5.38. The molecule has 0 saturated heterocycles. The highest BCUT2D eigenvalue weighted by molar-refractivity contribution is 7.98. The maximum Gasteiger partial charge on any atom is 0.155 e. The Hall–Kier alpha value is -1.87. The quantitative estimate of drug-likeness (QED) is 0.545. The van der Waals surface area contributed by atoms with Crippen LogP contribution in [0.15, 0.2) is 47.4 Å². The summed E-state index contributed by atoms with van der Waals surface area (Å²) in [6, 6.07) is 14.2. The summed E-state index contributed by atoms with van der Waals surface area (Å²) in [6.45, 7) is 8.00. The predicted octanol–water partition coefficient (Wildman–Crippen LogP) is 5.32. The number of hydrogen-bond acceptors (Lipinski definition) is 3. The van der Waals surface area contributed by atoms with Crippen molar-refractivity contribution in [1.29, 1.82) is 0 Å². The maximum atomic E-state index is 13.5. The van der Waals surface area contributed by atoms with Gasteiger partial charge in [0.15, 0.2) is 11.6 Å². The van der Waals surface area contributed by atoms with Crippen LogP contribution in [0.1, 0.15) is 47.9 Å². The highest BCUT2D eigenvalue weighted by Crippen LogP contribution is 2.44. The summed E-state index contributed by atoms with van der Waals surface area (Å²) in [7, 11) is 0. The van der Waals surface area contributed by atoms with E-state index in [1.54, 1.807) is 11.8 Å². The van der Waals surface area contributed by atoms with Crippen molar-refractivity contribution in [2.75, 3.05) is 6.26 Å². The Bertz CT molecular complexity index is 818. The molecule has 2 aromatic rings. The lowest BCUT2D eigenvalue weighted by atomic mass is 9.63. The Balaban J connectivity index is 2.09. The number of carbonyl (C=O) groups is 2. The molecule has 136 valence electrons. The molecule has 3 rings (SSSR count). The van der Waals surface area contributed by atoms with E-state index in [4.69, 9.17) is 0 Å². The maximum absolute atomic E-state index is 13.5. The summed E-state index contributed by atoms with van der Waals surface area (Å²) in [5.74, 6) is -0.889. The number of rotatable bonds is 3. The molecule has 0 heterocycles. The number of benzene rings is 2. The topological polar surface area (TPSA) is 34.1 Å². The molecule has 0 bridgehead atoms. The summed E-state index contributed by atoms with van der Waals surface area (Å²) >= 11 is 1.69. The molecular weight excluding hydrogens is 340 g/mol. The summed E-state index contributed by atoms with van der Waals surface area (Å²) < 4.78 is 0. The third-order valence-corrected chi connectivity index (χ3v) is 6.69. The number of hydrogen-bond donors (Lipinski definition) is 0. The van der Waals surface area contributed by atoms with Crippen molar-refractivity contribution in [3.8, 4) is 0 Å². The standard InChI is InChI=1S/C23H26O2S/c1-13-7-6-8-14(2)19(13)21-22(24)16(4)15(3)20(23(21)25)17-9-11-18(26-5)12-10-17/h6-12,15-16,20-21H,1-5H3. The molecule has 4 unspecified atom stereocenters. The largest absolute Gasteiger partial charge is 0.298 e. The minimum absolute atomic E-state index is 0.00991. The predicted molar refractivity (Wildman–Crippen MR) is 108 cm³/mol. The van der Waals surface area contributed by atoms with E-state index in [-0.39, 0.29) is 29.3 Å². The van der Waals surface area contributed by atoms with Gasteiger partial charge in [-0.3, -0.25) is 9.59 Å². The van der Waals surface area contributed by atoms with Gasteiger partial charge in [-0.15, -0.1) is 11.8 Å². The molecule has 0 N–H and O–H groups in total. The summed E-state index contributed by atoms with van der Waals surface area (Å²) in [5.41, 5.74) is 3.98. The minimum atomic E-state index is -0.646. The third-order valence-electron chi connectivity index (χ3n) is 5.94. The molecule has 26 heavy (non-hydrogen) atoms. The molecular formula is C23H26O2S. The number of aryl methyl sites for hydroxylation is 2. The van der Waals surface area contributed by atoms with E-state index in [9.17, 15) is 9.59 Å². The van der Waals surface area contributed by atoms with Crippen molar-refractivity contribution < 1.29 is 9.59 Å². The highest BCUT2D eigenvalue weighted by Gasteiger charge is 2.47. The van der Waals surface area contributed by atoms with Gasteiger partial charge in [-0.1, -0.05) is 44.2 Å². The zero-order chi connectivity index (χ0) is 19.0. The van der Waals surface area contributed by atoms with Crippen molar-refractivity contribution in [3.63, 3.8) is 0 Å². The SMILES string of the molecule is CSc1ccc(C2C(=O)C(c3c(C)cccc3C)C(=O)C(C)C2C)cc1. The highest BCUT2D eigenvalue weighted by atomic mass is 32.2. The first kappa shape index (κ1) is 18.9. The van der Waals surface area contributed by atoms with Gasteiger partial charge in [0.05, 0.1) is 0 Å². The fourth-order valence-corrected chi connectivity index (χ4v) is 4.64. The molecule has 2 nitrogen and oxygen atoms in total. The van der Waals surface area contributed by atoms with E-state index >= 15 is 0 Å². The molecule has 0 aromatic heterocycles. The van der Waals surface area contributed by atoms with Gasteiger partial charge in [0.2, 0.25) is 0 Å². The average molecular weight is 367 g/mol. The molecule has 0 spiro atoms. The average Bonchev–Trinajstić information content (AvgIpc) is 2.63. The second kappa shape index (κ2) is 7.40. The van der Waals surface area contributed by atoms with Crippen molar-refractivity contribution in [2.45, 2.75) is 44.4 Å². The van der Waals surface area contributed by atoms with E-state index in [0.29, 0.717) is 0 Å². The lowest BCUT2D eigenvalue weighted by molar-refractivity contribution is -0.138. The molecule has 2 aromatic carbocycles. The van der Waals surface area contributed by atoms with Crippen LogP contribution >= 0.6 is 11.8 Å². The molecule has 0 amide bonds. The molecule has 1 aliphatic carbocycles. The first-order valence-electron chi connectivity index (χ1n) is 9.14. The zero-order valence-corrected chi connectivity index (χ0v) is 16.9. The summed E-state index contributed by atoms with van der Waals surface area (Å²) in [4.78, 5) is 27.8. The van der Waals surface area contributed by atoms with Crippen LogP contribution in [0.4, 0.5) is 0 Å². The van der Waals surface area contributed by atoms with Gasteiger partial charge in [-0.05, 0) is 60.4 Å². The van der Waals surface area contributed by atoms with Crippen LogP contribution in [0, 0.1) is 25.7 Å². The number of thioether (sulfide) groups is 1. The number of carbonyl (C=O) groups excluding carboxylic acids is 2. The monoisotopic (exact) mass is 366 g/mol. The Morgan fingerprint density at radius 3 is 1.96 bits per heavy atom. The molecule has 4 atom stereocenters. The molecule has 1 aliphatic rings. The van der Waals surface area contributed by atoms with Crippen molar-refractivity contribution in [2.24, 2.45) is 11.8 Å². The molecule has 1 saturated carbocycles. The van der Waals surface area contributed by atoms with Crippen LogP contribution < -0.4 is 0 Å². The van der Waals surface area contributed by atoms with Crippen molar-refractivity contribution in [3.05, 3.63) is 64.7 Å². The first-order valence-corrected chi connectivity index (χ1v) is 10.4. The van der Waals surface area contributed by atoms with Gasteiger partial charge < -0.3 is 0 Å².